The molecule has 0 radical (unpaired) electrons. The van der Waals surface area contributed by atoms with Gasteiger partial charge in [-0.25, -0.2) is 0 Å². The summed E-state index contributed by atoms with van der Waals surface area (Å²) in [5.41, 5.74) is 13.1. The topological polar surface area (TPSA) is 21.3 Å². The van der Waals surface area contributed by atoms with E-state index in [1.54, 1.807) is 0 Å². The third kappa shape index (κ3) is 4.90. The van der Waals surface area contributed by atoms with E-state index in [0.717, 1.165) is 55.8 Å². The van der Waals surface area contributed by atoms with Gasteiger partial charge in [-0.2, -0.15) is 0 Å². The predicted octanol–water partition coefficient (Wildman–Crippen LogP) is 13.5. The molecule has 0 bridgehead atoms. The number of anilines is 3. The Balaban J connectivity index is 1.18. The minimum absolute atomic E-state index is 0.894. The van der Waals surface area contributed by atoms with E-state index in [4.69, 9.17) is 4.42 Å². The van der Waals surface area contributed by atoms with Gasteiger partial charge in [0, 0.05) is 44.3 Å². The highest BCUT2D eigenvalue weighted by Gasteiger charge is 2.19. The fourth-order valence-corrected chi connectivity index (χ4v) is 7.70. The molecule has 0 unspecified atom stereocenters. The summed E-state index contributed by atoms with van der Waals surface area (Å²) in [6.45, 7) is 0. The minimum atomic E-state index is 0.894. The SMILES string of the molecule is c1ccc(-c2cccc(N(c3cccc(-c4cccc5oc6ccccc6c45)c3)c3cccc(-n4c5ccccc5c5ccccc54)c3)c2)cc1. The number of benzene rings is 8. The summed E-state index contributed by atoms with van der Waals surface area (Å²) in [5.74, 6) is 0. The van der Waals surface area contributed by atoms with Crippen molar-refractivity contribution in [3.8, 4) is 27.9 Å². The zero-order valence-corrected chi connectivity index (χ0v) is 27.8. The van der Waals surface area contributed by atoms with E-state index < -0.39 is 0 Å². The molecule has 3 heteroatoms. The maximum Gasteiger partial charge on any atom is 0.136 e. The van der Waals surface area contributed by atoms with Crippen LogP contribution in [-0.4, -0.2) is 4.57 Å². The highest BCUT2D eigenvalue weighted by atomic mass is 16.3. The first-order valence-corrected chi connectivity index (χ1v) is 17.4. The smallest absolute Gasteiger partial charge is 0.136 e. The van der Waals surface area contributed by atoms with Gasteiger partial charge in [0.05, 0.1) is 11.0 Å². The van der Waals surface area contributed by atoms with E-state index in [1.807, 2.05) is 12.1 Å². The van der Waals surface area contributed by atoms with Crippen LogP contribution >= 0.6 is 0 Å². The van der Waals surface area contributed by atoms with Crippen molar-refractivity contribution >= 4 is 60.8 Å². The first-order valence-electron chi connectivity index (χ1n) is 17.4. The van der Waals surface area contributed by atoms with Crippen LogP contribution in [0, 0.1) is 0 Å². The molecule has 2 aromatic heterocycles. The summed E-state index contributed by atoms with van der Waals surface area (Å²) < 4.78 is 8.67. The number of rotatable bonds is 6. The molecule has 0 saturated heterocycles. The van der Waals surface area contributed by atoms with E-state index in [0.29, 0.717) is 0 Å². The monoisotopic (exact) mass is 652 g/mol. The van der Waals surface area contributed by atoms with Crippen LogP contribution in [-0.2, 0) is 0 Å². The standard InChI is InChI=1S/C48H32N2O/c1-2-14-33(15-3-1)34-16-10-18-36(30-34)49(37-19-11-17-35(31-37)40-25-13-29-47-48(40)43-24-6-9-28-46(43)51-47)38-20-12-21-39(32-38)50-44-26-7-4-22-41(44)42-23-5-8-27-45(42)50/h1-32H. The van der Waals surface area contributed by atoms with Crippen molar-refractivity contribution in [2.24, 2.45) is 0 Å². The Morgan fingerprint density at radius 1 is 0.373 bits per heavy atom. The van der Waals surface area contributed by atoms with Crippen molar-refractivity contribution in [2.75, 3.05) is 4.90 Å². The minimum Gasteiger partial charge on any atom is -0.456 e. The summed E-state index contributed by atoms with van der Waals surface area (Å²) in [4.78, 5) is 2.38. The Morgan fingerprint density at radius 3 is 1.65 bits per heavy atom. The first kappa shape index (κ1) is 29.1. The van der Waals surface area contributed by atoms with Crippen molar-refractivity contribution in [3.05, 3.63) is 194 Å². The van der Waals surface area contributed by atoms with Crippen molar-refractivity contribution < 1.29 is 4.42 Å². The molecule has 3 nitrogen and oxygen atoms in total. The highest BCUT2D eigenvalue weighted by Crippen LogP contribution is 2.42. The molecular formula is C48H32N2O. The van der Waals surface area contributed by atoms with Gasteiger partial charge >= 0.3 is 0 Å². The largest absolute Gasteiger partial charge is 0.456 e. The van der Waals surface area contributed by atoms with Gasteiger partial charge in [0.25, 0.3) is 0 Å². The molecule has 0 atom stereocenters. The number of aromatic nitrogens is 1. The van der Waals surface area contributed by atoms with Crippen molar-refractivity contribution in [2.45, 2.75) is 0 Å². The maximum atomic E-state index is 6.28. The van der Waals surface area contributed by atoms with Gasteiger partial charge in [-0.3, -0.25) is 0 Å². The van der Waals surface area contributed by atoms with Crippen LogP contribution in [0.15, 0.2) is 199 Å². The fourth-order valence-electron chi connectivity index (χ4n) is 7.70. The van der Waals surface area contributed by atoms with Gasteiger partial charge < -0.3 is 13.9 Å². The number of fused-ring (bicyclic) bond motifs is 6. The second-order valence-electron chi connectivity index (χ2n) is 13.0. The van der Waals surface area contributed by atoms with Crippen LogP contribution in [0.5, 0.6) is 0 Å². The van der Waals surface area contributed by atoms with E-state index >= 15 is 0 Å². The molecule has 10 rings (SSSR count). The second-order valence-corrected chi connectivity index (χ2v) is 13.0. The number of hydrogen-bond acceptors (Lipinski definition) is 2. The highest BCUT2D eigenvalue weighted by molar-refractivity contribution is 6.12. The lowest BCUT2D eigenvalue weighted by atomic mass is 9.98. The van der Waals surface area contributed by atoms with Gasteiger partial charge in [-0.1, -0.05) is 127 Å². The van der Waals surface area contributed by atoms with Gasteiger partial charge in [0.15, 0.2) is 0 Å². The van der Waals surface area contributed by atoms with Crippen molar-refractivity contribution in [1.29, 1.82) is 0 Å². The Morgan fingerprint density at radius 2 is 0.902 bits per heavy atom. The third-order valence-electron chi connectivity index (χ3n) is 9.96. The molecule has 0 aliphatic carbocycles. The molecule has 0 spiro atoms. The lowest BCUT2D eigenvalue weighted by molar-refractivity contribution is 0.669. The molecule has 0 saturated carbocycles. The molecule has 0 aliphatic rings. The molecule has 0 aliphatic heterocycles. The molecule has 240 valence electrons. The predicted molar refractivity (Wildman–Crippen MR) is 214 cm³/mol. The molecule has 10 aromatic rings. The van der Waals surface area contributed by atoms with Crippen molar-refractivity contribution in [1.82, 2.24) is 4.57 Å². The molecule has 51 heavy (non-hydrogen) atoms. The Hall–Kier alpha value is -6.84. The lowest BCUT2D eigenvalue weighted by Crippen LogP contribution is -2.11. The summed E-state index contributed by atoms with van der Waals surface area (Å²) in [5, 5.41) is 4.76. The number of hydrogen-bond donors (Lipinski definition) is 0. The van der Waals surface area contributed by atoms with E-state index in [1.165, 1.54) is 32.9 Å². The third-order valence-corrected chi connectivity index (χ3v) is 9.96. The van der Waals surface area contributed by atoms with Crippen LogP contribution in [0.2, 0.25) is 0 Å². The molecule has 0 fully saturated rings. The van der Waals surface area contributed by atoms with Gasteiger partial charge in [-0.15, -0.1) is 0 Å². The van der Waals surface area contributed by atoms with Gasteiger partial charge in [0.1, 0.15) is 11.2 Å². The second kappa shape index (κ2) is 11.9. The Kier molecular flexibility index (Phi) is 6.81. The zero-order chi connectivity index (χ0) is 33.7. The molecule has 2 heterocycles. The lowest BCUT2D eigenvalue weighted by Gasteiger charge is -2.27. The maximum absolute atomic E-state index is 6.28. The van der Waals surface area contributed by atoms with E-state index in [-0.39, 0.29) is 0 Å². The molecule has 0 amide bonds. The van der Waals surface area contributed by atoms with Crippen LogP contribution < -0.4 is 4.90 Å². The molecule has 8 aromatic carbocycles. The Labute approximate surface area is 295 Å². The van der Waals surface area contributed by atoms with Crippen LogP contribution in [0.25, 0.3) is 71.7 Å². The number of para-hydroxylation sites is 3. The Bertz CT molecular complexity index is 2830. The number of nitrogens with zero attached hydrogens (tertiary/aromatic N) is 2. The summed E-state index contributed by atoms with van der Waals surface area (Å²) in [6, 6.07) is 69.2. The average Bonchev–Trinajstić information content (AvgIpc) is 3.75. The fraction of sp³-hybridized carbons (Fsp3) is 0. The van der Waals surface area contributed by atoms with E-state index in [9.17, 15) is 0 Å². The number of furan rings is 1. The van der Waals surface area contributed by atoms with Crippen LogP contribution in [0.4, 0.5) is 17.1 Å². The van der Waals surface area contributed by atoms with Crippen LogP contribution in [0.1, 0.15) is 0 Å². The van der Waals surface area contributed by atoms with Crippen molar-refractivity contribution in [3.63, 3.8) is 0 Å². The quantitative estimate of drug-likeness (QED) is 0.178. The molecule has 0 N–H and O–H groups in total. The normalized spacial score (nSPS) is 11.5. The summed E-state index contributed by atoms with van der Waals surface area (Å²) in [6.07, 6.45) is 0. The molecular weight excluding hydrogens is 621 g/mol. The van der Waals surface area contributed by atoms with Crippen LogP contribution in [0.3, 0.4) is 0 Å². The van der Waals surface area contributed by atoms with Gasteiger partial charge in [-0.05, 0) is 89.0 Å². The summed E-state index contributed by atoms with van der Waals surface area (Å²) >= 11 is 0. The van der Waals surface area contributed by atoms with E-state index in [2.05, 4.69) is 191 Å². The first-order chi connectivity index (χ1) is 25.3. The zero-order valence-electron chi connectivity index (χ0n) is 27.8. The summed E-state index contributed by atoms with van der Waals surface area (Å²) in [7, 11) is 0. The van der Waals surface area contributed by atoms with Gasteiger partial charge in [0.2, 0.25) is 0 Å². The average molecular weight is 653 g/mol.